The van der Waals surface area contributed by atoms with Gasteiger partial charge in [-0.2, -0.15) is 0 Å². The second kappa shape index (κ2) is 1.98. The molecular formula is C12H19S+. The van der Waals surface area contributed by atoms with Crippen molar-refractivity contribution in [3.63, 3.8) is 0 Å². The summed E-state index contributed by atoms with van der Waals surface area (Å²) in [6.45, 7) is 5.17. The zero-order valence-electron chi connectivity index (χ0n) is 8.62. The summed E-state index contributed by atoms with van der Waals surface area (Å²) in [6.07, 6.45) is 3.19. The maximum absolute atomic E-state index is 2.59. The molecule has 0 aromatic rings. The molecule has 0 radical (unpaired) electrons. The highest BCUT2D eigenvalue weighted by Gasteiger charge is 2.74. The van der Waals surface area contributed by atoms with E-state index in [-0.39, 0.29) is 0 Å². The molecular weight excluding hydrogens is 176 g/mol. The summed E-state index contributed by atoms with van der Waals surface area (Å²) >= 11 is 0. The summed E-state index contributed by atoms with van der Waals surface area (Å²) in [5.41, 5.74) is 0. The summed E-state index contributed by atoms with van der Waals surface area (Å²) in [5.74, 6) is 9.20. The Morgan fingerprint density at radius 2 is 1.46 bits per heavy atom. The summed E-state index contributed by atoms with van der Waals surface area (Å²) < 4.78 is 0.745. The molecule has 0 spiro atoms. The highest BCUT2D eigenvalue weighted by Crippen LogP contribution is 2.69. The lowest BCUT2D eigenvalue weighted by Crippen LogP contribution is -2.49. The highest BCUT2D eigenvalue weighted by atomic mass is 32.2. The molecule has 0 amide bonds. The first-order valence-corrected chi connectivity index (χ1v) is 7.43. The molecule has 72 valence electrons. The van der Waals surface area contributed by atoms with E-state index in [1.807, 2.05) is 0 Å². The lowest BCUT2D eigenvalue weighted by atomic mass is 9.82. The first-order chi connectivity index (χ1) is 6.19. The van der Waals surface area contributed by atoms with Gasteiger partial charge in [0, 0.05) is 17.8 Å². The van der Waals surface area contributed by atoms with Crippen LogP contribution in [-0.4, -0.2) is 16.3 Å². The molecule has 0 aromatic carbocycles. The minimum Gasteiger partial charge on any atom is -0.0492 e. The first kappa shape index (κ1) is 7.62. The predicted molar refractivity (Wildman–Crippen MR) is 57.9 cm³/mol. The third kappa shape index (κ3) is 0.643. The first-order valence-electron chi connectivity index (χ1n) is 5.87. The minimum atomic E-state index is 0.745. The van der Waals surface area contributed by atoms with Gasteiger partial charge in [0.25, 0.3) is 0 Å². The quantitative estimate of drug-likeness (QED) is 0.520. The van der Waals surface area contributed by atoms with E-state index in [9.17, 15) is 0 Å². The highest BCUT2D eigenvalue weighted by molar-refractivity contribution is 7.98. The van der Waals surface area contributed by atoms with Gasteiger partial charge >= 0.3 is 0 Å². The molecule has 0 aromatic heterocycles. The van der Waals surface area contributed by atoms with Crippen LogP contribution in [0.2, 0.25) is 0 Å². The van der Waals surface area contributed by atoms with Crippen LogP contribution >= 0.6 is 0 Å². The Hall–Kier alpha value is 0.350. The molecule has 2 aliphatic carbocycles. The van der Waals surface area contributed by atoms with Gasteiger partial charge in [-0.25, -0.2) is 0 Å². The molecule has 13 heavy (non-hydrogen) atoms. The van der Waals surface area contributed by atoms with Crippen molar-refractivity contribution in [2.75, 3.05) is 11.5 Å². The van der Waals surface area contributed by atoms with Crippen LogP contribution < -0.4 is 0 Å². The summed E-state index contributed by atoms with van der Waals surface area (Å²) in [6, 6.07) is 0. The zero-order valence-corrected chi connectivity index (χ0v) is 9.44. The van der Waals surface area contributed by atoms with Crippen molar-refractivity contribution in [1.29, 1.82) is 0 Å². The van der Waals surface area contributed by atoms with Crippen LogP contribution in [0.25, 0.3) is 0 Å². The topological polar surface area (TPSA) is 0 Å². The van der Waals surface area contributed by atoms with Crippen molar-refractivity contribution in [2.45, 2.75) is 31.4 Å². The van der Waals surface area contributed by atoms with E-state index in [2.05, 4.69) is 13.8 Å². The van der Waals surface area contributed by atoms with E-state index in [0.29, 0.717) is 0 Å². The van der Waals surface area contributed by atoms with E-state index < -0.39 is 0 Å². The molecule has 1 heteroatoms. The van der Waals surface area contributed by atoms with E-state index >= 15 is 0 Å². The van der Waals surface area contributed by atoms with E-state index in [0.717, 1.165) is 21.6 Å². The van der Waals surface area contributed by atoms with Crippen LogP contribution in [0.3, 0.4) is 0 Å². The Bertz CT molecular complexity index is 250. The van der Waals surface area contributed by atoms with Crippen LogP contribution in [0.4, 0.5) is 0 Å². The van der Waals surface area contributed by atoms with Crippen molar-refractivity contribution in [1.82, 2.24) is 0 Å². The van der Waals surface area contributed by atoms with E-state index in [4.69, 9.17) is 0 Å². The van der Waals surface area contributed by atoms with Gasteiger partial charge in [0.2, 0.25) is 0 Å². The average molecular weight is 195 g/mol. The summed E-state index contributed by atoms with van der Waals surface area (Å²) in [5, 5.41) is 0. The predicted octanol–water partition coefficient (Wildman–Crippen LogP) is 2.30. The molecule has 0 nitrogen and oxygen atoms in total. The van der Waals surface area contributed by atoms with Crippen LogP contribution in [0.1, 0.15) is 26.7 Å². The summed E-state index contributed by atoms with van der Waals surface area (Å²) in [7, 11) is 0.830. The summed E-state index contributed by atoms with van der Waals surface area (Å²) in [4.78, 5) is 0. The van der Waals surface area contributed by atoms with Crippen molar-refractivity contribution in [3.8, 4) is 0 Å². The van der Waals surface area contributed by atoms with Crippen LogP contribution in [0.5, 0.6) is 0 Å². The molecule has 5 rings (SSSR count). The monoisotopic (exact) mass is 195 g/mol. The second-order valence-electron chi connectivity index (χ2n) is 6.19. The van der Waals surface area contributed by atoms with Gasteiger partial charge in [0.15, 0.2) is 0 Å². The number of rotatable bonds is 0. The lowest BCUT2D eigenvalue weighted by Gasteiger charge is -2.39. The fourth-order valence-electron chi connectivity index (χ4n) is 5.34. The van der Waals surface area contributed by atoms with Crippen molar-refractivity contribution in [3.05, 3.63) is 0 Å². The van der Waals surface area contributed by atoms with Crippen molar-refractivity contribution < 1.29 is 0 Å². The van der Waals surface area contributed by atoms with Crippen molar-refractivity contribution >= 4 is 10.9 Å². The molecule has 4 atom stereocenters. The molecule has 2 saturated carbocycles. The van der Waals surface area contributed by atoms with Crippen molar-refractivity contribution in [2.24, 2.45) is 29.6 Å². The van der Waals surface area contributed by atoms with Gasteiger partial charge in [0.05, 0.1) is 0 Å². The molecule has 3 heterocycles. The Morgan fingerprint density at radius 1 is 0.923 bits per heavy atom. The third-order valence-corrected chi connectivity index (χ3v) is 9.07. The SMILES string of the molecule is CC1(C)C2[C@H]3CC[C@H]2[C@H]2C[S+]1C[C@@H]23. The average Bonchev–Trinajstić information content (AvgIpc) is 2.70. The van der Waals surface area contributed by atoms with Crippen LogP contribution in [0.15, 0.2) is 0 Å². The third-order valence-electron chi connectivity index (χ3n) is 5.74. The zero-order chi connectivity index (χ0) is 8.79. The molecule has 0 unspecified atom stereocenters. The normalized spacial score (nSPS) is 65.1. The fourth-order valence-corrected chi connectivity index (χ4v) is 8.99. The van der Waals surface area contributed by atoms with Gasteiger partial charge in [-0.15, -0.1) is 0 Å². The Balaban J connectivity index is 1.89. The van der Waals surface area contributed by atoms with Crippen LogP contribution in [0, 0.1) is 29.6 Å². The number of hydrogen-bond donors (Lipinski definition) is 0. The van der Waals surface area contributed by atoms with Crippen LogP contribution in [-0.2, 0) is 10.9 Å². The maximum atomic E-state index is 2.59. The van der Waals surface area contributed by atoms with Gasteiger partial charge in [-0.1, -0.05) is 0 Å². The van der Waals surface area contributed by atoms with Gasteiger partial charge in [-0.3, -0.25) is 0 Å². The van der Waals surface area contributed by atoms with E-state index in [1.54, 1.807) is 24.3 Å². The minimum absolute atomic E-state index is 0.745. The second-order valence-corrected chi connectivity index (χ2v) is 8.89. The Kier molecular flexibility index (Phi) is 1.16. The maximum Gasteiger partial charge on any atom is 0.126 e. The Morgan fingerprint density at radius 3 is 2.00 bits per heavy atom. The van der Waals surface area contributed by atoms with Gasteiger partial charge in [0.1, 0.15) is 16.3 Å². The van der Waals surface area contributed by atoms with E-state index in [1.165, 1.54) is 23.7 Å². The largest absolute Gasteiger partial charge is 0.126 e. The molecule has 0 N–H and O–H groups in total. The smallest absolute Gasteiger partial charge is 0.0492 e. The van der Waals surface area contributed by atoms with Gasteiger partial charge in [-0.05, 0) is 49.4 Å². The standard InChI is InChI=1S/C12H19S/c1-12(2)11-7-3-4-8(11)10-6-13(12)5-9(7)10/h7-11H,3-6H2,1-2H3/q+1/t7-,8-,9+,10+,11?,13?/m0/s1. The fraction of sp³-hybridized carbons (Fsp3) is 1.00. The molecule has 6 bridgehead atoms. The number of hydrogen-bond acceptors (Lipinski definition) is 0. The lowest BCUT2D eigenvalue weighted by molar-refractivity contribution is 0.281. The van der Waals surface area contributed by atoms with Gasteiger partial charge < -0.3 is 0 Å². The Labute approximate surface area is 83.8 Å². The molecule has 5 aliphatic rings. The molecule has 5 fully saturated rings. The molecule has 3 saturated heterocycles. The molecule has 3 aliphatic heterocycles.